The Balaban J connectivity index is 2.20. The van der Waals surface area contributed by atoms with Gasteiger partial charge in [0.15, 0.2) is 0 Å². The van der Waals surface area contributed by atoms with Crippen LogP contribution in [0.3, 0.4) is 0 Å². The number of aromatic nitrogens is 2. The van der Waals surface area contributed by atoms with E-state index in [-0.39, 0.29) is 5.82 Å². The molecule has 0 unspecified atom stereocenters. The Morgan fingerprint density at radius 3 is 2.68 bits per heavy atom. The Kier molecular flexibility index (Phi) is 2.90. The first-order valence-corrected chi connectivity index (χ1v) is 6.76. The van der Waals surface area contributed by atoms with Crippen LogP contribution in [0.5, 0.6) is 0 Å². The molecule has 0 aliphatic heterocycles. The Morgan fingerprint density at radius 1 is 1.16 bits per heavy atom. The summed E-state index contributed by atoms with van der Waals surface area (Å²) in [5, 5.41) is 0. The average Bonchev–Trinajstić information content (AvgIpc) is 2.76. The lowest BCUT2D eigenvalue weighted by molar-refractivity contribution is 0.621. The summed E-state index contributed by atoms with van der Waals surface area (Å²) in [5.41, 5.74) is 4.96. The number of H-pyrrole nitrogens is 1. The SMILES string of the molecule is Cc1cc(C)c2nc(-c3ccc(Br)c(F)c3)[nH]c2c1. The molecular weight excluding hydrogens is 307 g/mol. The van der Waals surface area contributed by atoms with Crippen molar-refractivity contribution in [1.82, 2.24) is 9.97 Å². The van der Waals surface area contributed by atoms with Gasteiger partial charge in [-0.05, 0) is 65.2 Å². The lowest BCUT2D eigenvalue weighted by Gasteiger charge is -1.98. The van der Waals surface area contributed by atoms with Crippen molar-refractivity contribution in [2.75, 3.05) is 0 Å². The van der Waals surface area contributed by atoms with Gasteiger partial charge in [0, 0.05) is 5.56 Å². The molecule has 96 valence electrons. The molecule has 1 heterocycles. The number of hydrogen-bond acceptors (Lipinski definition) is 1. The summed E-state index contributed by atoms with van der Waals surface area (Å²) in [6.45, 7) is 4.08. The van der Waals surface area contributed by atoms with E-state index in [2.05, 4.69) is 32.0 Å². The number of aryl methyl sites for hydroxylation is 2. The predicted molar refractivity (Wildman–Crippen MR) is 78.7 cm³/mol. The molecule has 2 aromatic carbocycles. The first-order valence-electron chi connectivity index (χ1n) is 5.97. The summed E-state index contributed by atoms with van der Waals surface area (Å²) in [6.07, 6.45) is 0. The van der Waals surface area contributed by atoms with Gasteiger partial charge in [-0.15, -0.1) is 0 Å². The van der Waals surface area contributed by atoms with Crippen LogP contribution in [0.25, 0.3) is 22.4 Å². The monoisotopic (exact) mass is 318 g/mol. The lowest BCUT2D eigenvalue weighted by Crippen LogP contribution is -1.83. The molecule has 0 aliphatic carbocycles. The van der Waals surface area contributed by atoms with Crippen LogP contribution >= 0.6 is 15.9 Å². The summed E-state index contributed by atoms with van der Waals surface area (Å²) in [5.74, 6) is 0.404. The van der Waals surface area contributed by atoms with Gasteiger partial charge in [0.2, 0.25) is 0 Å². The number of benzene rings is 2. The van der Waals surface area contributed by atoms with Gasteiger partial charge in [0.25, 0.3) is 0 Å². The first kappa shape index (κ1) is 12.4. The molecule has 0 saturated carbocycles. The van der Waals surface area contributed by atoms with Crippen LogP contribution in [-0.2, 0) is 0 Å². The molecule has 0 atom stereocenters. The maximum absolute atomic E-state index is 13.6. The molecule has 4 heteroatoms. The van der Waals surface area contributed by atoms with Crippen LogP contribution in [0.1, 0.15) is 11.1 Å². The van der Waals surface area contributed by atoms with Crippen LogP contribution in [0, 0.1) is 19.7 Å². The largest absolute Gasteiger partial charge is 0.338 e. The van der Waals surface area contributed by atoms with Crippen molar-refractivity contribution < 1.29 is 4.39 Å². The molecular formula is C15H12BrFN2. The number of imidazole rings is 1. The minimum absolute atomic E-state index is 0.286. The van der Waals surface area contributed by atoms with E-state index >= 15 is 0 Å². The zero-order valence-corrected chi connectivity index (χ0v) is 12.2. The summed E-state index contributed by atoms with van der Waals surface area (Å²) >= 11 is 3.15. The van der Waals surface area contributed by atoms with Gasteiger partial charge in [-0.25, -0.2) is 9.37 Å². The third-order valence-corrected chi connectivity index (χ3v) is 3.76. The van der Waals surface area contributed by atoms with E-state index in [1.807, 2.05) is 26.0 Å². The molecule has 1 aromatic heterocycles. The number of fused-ring (bicyclic) bond motifs is 1. The molecule has 0 bridgehead atoms. The molecule has 3 aromatic rings. The van der Waals surface area contributed by atoms with Gasteiger partial charge in [-0.2, -0.15) is 0 Å². The zero-order valence-electron chi connectivity index (χ0n) is 10.6. The van der Waals surface area contributed by atoms with Crippen LogP contribution in [0.2, 0.25) is 0 Å². The predicted octanol–water partition coefficient (Wildman–Crippen LogP) is 4.75. The van der Waals surface area contributed by atoms with Gasteiger partial charge in [0.05, 0.1) is 15.5 Å². The number of nitrogens with zero attached hydrogens (tertiary/aromatic N) is 1. The Morgan fingerprint density at radius 2 is 1.95 bits per heavy atom. The van der Waals surface area contributed by atoms with E-state index in [1.165, 1.54) is 11.6 Å². The third kappa shape index (κ3) is 2.16. The molecule has 0 fully saturated rings. The highest BCUT2D eigenvalue weighted by molar-refractivity contribution is 9.10. The van der Waals surface area contributed by atoms with Crippen molar-refractivity contribution in [2.45, 2.75) is 13.8 Å². The summed E-state index contributed by atoms with van der Waals surface area (Å²) in [7, 11) is 0. The van der Waals surface area contributed by atoms with Crippen molar-refractivity contribution in [3.63, 3.8) is 0 Å². The van der Waals surface area contributed by atoms with Crippen LogP contribution in [0.15, 0.2) is 34.8 Å². The average molecular weight is 319 g/mol. The van der Waals surface area contributed by atoms with Gasteiger partial charge in [-0.1, -0.05) is 6.07 Å². The quantitative estimate of drug-likeness (QED) is 0.689. The van der Waals surface area contributed by atoms with Crippen LogP contribution in [-0.4, -0.2) is 9.97 Å². The number of aromatic amines is 1. The van der Waals surface area contributed by atoms with E-state index in [0.717, 1.165) is 22.2 Å². The van der Waals surface area contributed by atoms with Crippen molar-refractivity contribution in [1.29, 1.82) is 0 Å². The molecule has 2 nitrogen and oxygen atoms in total. The van der Waals surface area contributed by atoms with Crippen molar-refractivity contribution in [2.24, 2.45) is 0 Å². The van der Waals surface area contributed by atoms with E-state index in [9.17, 15) is 4.39 Å². The fourth-order valence-electron chi connectivity index (χ4n) is 2.25. The fourth-order valence-corrected chi connectivity index (χ4v) is 2.50. The lowest BCUT2D eigenvalue weighted by atomic mass is 10.1. The number of hydrogen-bond donors (Lipinski definition) is 1. The van der Waals surface area contributed by atoms with Crippen LogP contribution < -0.4 is 0 Å². The van der Waals surface area contributed by atoms with E-state index in [1.54, 1.807) is 6.07 Å². The first-order chi connectivity index (χ1) is 9.04. The highest BCUT2D eigenvalue weighted by atomic mass is 79.9. The third-order valence-electron chi connectivity index (χ3n) is 3.11. The second-order valence-electron chi connectivity index (χ2n) is 4.69. The number of halogens is 2. The standard InChI is InChI=1S/C15H12BrFN2/c1-8-5-9(2)14-13(6-8)18-15(19-14)10-3-4-11(16)12(17)7-10/h3-7H,1-2H3,(H,18,19). The van der Waals surface area contributed by atoms with Crippen LogP contribution in [0.4, 0.5) is 4.39 Å². The molecule has 3 rings (SSSR count). The topological polar surface area (TPSA) is 28.7 Å². The minimum atomic E-state index is -0.286. The van der Waals surface area contributed by atoms with E-state index in [4.69, 9.17) is 0 Å². The van der Waals surface area contributed by atoms with Gasteiger partial charge >= 0.3 is 0 Å². The maximum Gasteiger partial charge on any atom is 0.138 e. The molecule has 0 aliphatic rings. The summed E-state index contributed by atoms with van der Waals surface area (Å²) < 4.78 is 14.0. The van der Waals surface area contributed by atoms with Gasteiger partial charge in [0.1, 0.15) is 11.6 Å². The van der Waals surface area contributed by atoms with Crippen molar-refractivity contribution >= 4 is 27.0 Å². The maximum atomic E-state index is 13.6. The second kappa shape index (κ2) is 4.46. The van der Waals surface area contributed by atoms with Gasteiger partial charge < -0.3 is 4.98 Å². The molecule has 1 N–H and O–H groups in total. The molecule has 0 radical (unpaired) electrons. The molecule has 0 spiro atoms. The number of rotatable bonds is 1. The van der Waals surface area contributed by atoms with E-state index in [0.29, 0.717) is 10.3 Å². The van der Waals surface area contributed by atoms with Crippen molar-refractivity contribution in [3.8, 4) is 11.4 Å². The fraction of sp³-hybridized carbons (Fsp3) is 0.133. The summed E-state index contributed by atoms with van der Waals surface area (Å²) in [4.78, 5) is 7.80. The highest BCUT2D eigenvalue weighted by Gasteiger charge is 2.09. The Bertz CT molecular complexity index is 777. The normalized spacial score (nSPS) is 11.2. The zero-order chi connectivity index (χ0) is 13.6. The molecule has 0 amide bonds. The Hall–Kier alpha value is -1.68. The molecule has 19 heavy (non-hydrogen) atoms. The molecule has 0 saturated heterocycles. The minimum Gasteiger partial charge on any atom is -0.338 e. The number of nitrogens with one attached hydrogen (secondary N) is 1. The summed E-state index contributed by atoms with van der Waals surface area (Å²) in [6, 6.07) is 9.15. The second-order valence-corrected chi connectivity index (χ2v) is 5.55. The van der Waals surface area contributed by atoms with Gasteiger partial charge in [-0.3, -0.25) is 0 Å². The van der Waals surface area contributed by atoms with E-state index < -0.39 is 0 Å². The smallest absolute Gasteiger partial charge is 0.138 e. The Labute approximate surface area is 118 Å². The highest BCUT2D eigenvalue weighted by Crippen LogP contribution is 2.26. The van der Waals surface area contributed by atoms with Crippen molar-refractivity contribution in [3.05, 3.63) is 51.7 Å².